The van der Waals surface area contributed by atoms with Gasteiger partial charge in [-0.3, -0.25) is 4.90 Å². The molecule has 1 spiro atoms. The smallest absolute Gasteiger partial charge is 0.123 e. The monoisotopic (exact) mass is 404 g/mol. The Morgan fingerprint density at radius 3 is 2.53 bits per heavy atom. The van der Waals surface area contributed by atoms with Gasteiger partial charge in [0.1, 0.15) is 18.1 Å². The zero-order chi connectivity index (χ0) is 20.4. The number of imidazole rings is 1. The van der Waals surface area contributed by atoms with Crippen LogP contribution < -0.4 is 14.4 Å². The van der Waals surface area contributed by atoms with Crippen LogP contribution in [0, 0.1) is 5.41 Å². The summed E-state index contributed by atoms with van der Waals surface area (Å²) < 4.78 is 13.4. The summed E-state index contributed by atoms with van der Waals surface area (Å²) in [6, 6.07) is 16.8. The molecule has 0 aliphatic carbocycles. The summed E-state index contributed by atoms with van der Waals surface area (Å²) in [5.41, 5.74) is 3.01. The molecule has 0 saturated carbocycles. The van der Waals surface area contributed by atoms with E-state index in [0.29, 0.717) is 12.0 Å². The largest absolute Gasteiger partial charge is 0.497 e. The lowest BCUT2D eigenvalue weighted by Crippen LogP contribution is -2.71. The summed E-state index contributed by atoms with van der Waals surface area (Å²) >= 11 is 0. The first-order valence-electron chi connectivity index (χ1n) is 10.5. The Bertz CT molecular complexity index is 957. The van der Waals surface area contributed by atoms with Crippen molar-refractivity contribution < 1.29 is 9.47 Å². The van der Waals surface area contributed by atoms with Gasteiger partial charge in [0.05, 0.1) is 20.0 Å². The molecule has 156 valence electrons. The van der Waals surface area contributed by atoms with E-state index in [0.717, 1.165) is 50.8 Å². The van der Waals surface area contributed by atoms with Gasteiger partial charge in [0.15, 0.2) is 0 Å². The molecule has 6 heteroatoms. The number of hydrogen-bond acceptors (Lipinski definition) is 5. The lowest BCUT2D eigenvalue weighted by molar-refractivity contribution is -0.0277. The first-order chi connectivity index (χ1) is 14.7. The number of para-hydroxylation sites is 1. The SMILES string of the molecule is COc1ccc(N2CC3(CN(Cc4ccccc4OCCn4ccnc4)C3)C2)cc1. The molecule has 0 N–H and O–H groups in total. The highest BCUT2D eigenvalue weighted by Crippen LogP contribution is 2.43. The number of nitrogens with zero attached hydrogens (tertiary/aromatic N) is 4. The number of ether oxygens (including phenoxy) is 2. The highest BCUT2D eigenvalue weighted by molar-refractivity contribution is 5.52. The number of aromatic nitrogens is 2. The molecule has 3 aromatic rings. The van der Waals surface area contributed by atoms with E-state index in [2.05, 4.69) is 45.1 Å². The Kier molecular flexibility index (Phi) is 5.09. The van der Waals surface area contributed by atoms with Crippen LogP contribution in [0.25, 0.3) is 0 Å². The maximum atomic E-state index is 6.07. The van der Waals surface area contributed by atoms with E-state index in [4.69, 9.17) is 9.47 Å². The number of rotatable bonds is 8. The lowest BCUT2D eigenvalue weighted by atomic mass is 9.72. The third-order valence-electron chi connectivity index (χ3n) is 6.14. The second kappa shape index (κ2) is 8.03. The van der Waals surface area contributed by atoms with Crippen LogP contribution in [0.5, 0.6) is 11.5 Å². The first kappa shape index (κ1) is 19.0. The molecule has 0 bridgehead atoms. The Hall–Kier alpha value is -2.99. The standard InChI is InChI=1S/C24H28N4O2/c1-29-22-8-6-21(7-9-22)28-17-24(18-28)15-27(16-24)14-20-4-2-3-5-23(20)30-13-12-26-11-10-25-19-26/h2-11,19H,12-18H2,1H3. The van der Waals surface area contributed by atoms with Crippen molar-refractivity contribution in [1.29, 1.82) is 0 Å². The van der Waals surface area contributed by atoms with Crippen LogP contribution in [0.2, 0.25) is 0 Å². The third kappa shape index (κ3) is 3.87. The van der Waals surface area contributed by atoms with Gasteiger partial charge >= 0.3 is 0 Å². The predicted molar refractivity (Wildman–Crippen MR) is 117 cm³/mol. The van der Waals surface area contributed by atoms with Crippen molar-refractivity contribution in [2.45, 2.75) is 13.1 Å². The highest BCUT2D eigenvalue weighted by Gasteiger charge is 2.51. The second-order valence-electron chi connectivity index (χ2n) is 8.46. The van der Waals surface area contributed by atoms with Gasteiger partial charge in [-0.2, -0.15) is 0 Å². The number of methoxy groups -OCH3 is 1. The van der Waals surface area contributed by atoms with Crippen molar-refractivity contribution in [3.05, 3.63) is 72.8 Å². The van der Waals surface area contributed by atoms with Crippen molar-refractivity contribution in [2.75, 3.05) is 44.8 Å². The van der Waals surface area contributed by atoms with Crippen LogP contribution >= 0.6 is 0 Å². The van der Waals surface area contributed by atoms with E-state index in [1.54, 1.807) is 13.3 Å². The molecule has 3 heterocycles. The van der Waals surface area contributed by atoms with Crippen molar-refractivity contribution in [1.82, 2.24) is 14.5 Å². The maximum absolute atomic E-state index is 6.07. The number of anilines is 1. The molecule has 0 unspecified atom stereocenters. The molecule has 6 nitrogen and oxygen atoms in total. The summed E-state index contributed by atoms with van der Waals surface area (Å²) in [6.45, 7) is 6.99. The fourth-order valence-corrected chi connectivity index (χ4v) is 4.65. The van der Waals surface area contributed by atoms with E-state index >= 15 is 0 Å². The molecule has 2 saturated heterocycles. The van der Waals surface area contributed by atoms with Gasteiger partial charge in [0, 0.05) is 61.8 Å². The molecule has 2 aliphatic heterocycles. The Morgan fingerprint density at radius 1 is 1.00 bits per heavy atom. The van der Waals surface area contributed by atoms with Crippen LogP contribution in [0.1, 0.15) is 5.56 Å². The molecule has 2 aliphatic rings. The van der Waals surface area contributed by atoms with E-state index < -0.39 is 0 Å². The first-order valence-corrected chi connectivity index (χ1v) is 10.5. The summed E-state index contributed by atoms with van der Waals surface area (Å²) in [5.74, 6) is 1.90. The summed E-state index contributed by atoms with van der Waals surface area (Å²) in [4.78, 5) is 9.07. The van der Waals surface area contributed by atoms with E-state index in [-0.39, 0.29) is 0 Å². The molecule has 30 heavy (non-hydrogen) atoms. The summed E-state index contributed by atoms with van der Waals surface area (Å²) in [5, 5.41) is 0. The minimum atomic E-state index is 0.456. The average molecular weight is 405 g/mol. The minimum absolute atomic E-state index is 0.456. The van der Waals surface area contributed by atoms with Gasteiger partial charge in [0.25, 0.3) is 0 Å². The molecular weight excluding hydrogens is 376 g/mol. The molecular formula is C24H28N4O2. The van der Waals surface area contributed by atoms with Gasteiger partial charge < -0.3 is 18.9 Å². The summed E-state index contributed by atoms with van der Waals surface area (Å²) in [7, 11) is 1.71. The molecule has 2 aromatic carbocycles. The quantitative estimate of drug-likeness (QED) is 0.576. The topological polar surface area (TPSA) is 42.8 Å². The second-order valence-corrected chi connectivity index (χ2v) is 8.46. The molecule has 1 aromatic heterocycles. The summed E-state index contributed by atoms with van der Waals surface area (Å²) in [6.07, 6.45) is 5.58. The van der Waals surface area contributed by atoms with Crippen LogP contribution in [-0.2, 0) is 13.1 Å². The molecule has 0 amide bonds. The average Bonchev–Trinajstić information content (AvgIpc) is 3.23. The van der Waals surface area contributed by atoms with E-state index in [9.17, 15) is 0 Å². The van der Waals surface area contributed by atoms with E-state index in [1.807, 2.05) is 35.3 Å². The van der Waals surface area contributed by atoms with Crippen molar-refractivity contribution >= 4 is 5.69 Å². The Labute approximate surface area is 177 Å². The van der Waals surface area contributed by atoms with Crippen molar-refractivity contribution in [3.8, 4) is 11.5 Å². The van der Waals surface area contributed by atoms with Crippen LogP contribution in [0.4, 0.5) is 5.69 Å². The lowest BCUT2D eigenvalue weighted by Gasteiger charge is -2.61. The molecule has 5 rings (SSSR count). The predicted octanol–water partition coefficient (Wildman–Crippen LogP) is 3.29. The maximum Gasteiger partial charge on any atom is 0.123 e. The minimum Gasteiger partial charge on any atom is -0.497 e. The molecule has 2 fully saturated rings. The zero-order valence-electron chi connectivity index (χ0n) is 17.4. The zero-order valence-corrected chi connectivity index (χ0v) is 17.4. The van der Waals surface area contributed by atoms with Gasteiger partial charge in [-0.15, -0.1) is 0 Å². The Balaban J connectivity index is 1.11. The fraction of sp³-hybridized carbons (Fsp3) is 0.375. The number of likely N-dealkylation sites (tertiary alicyclic amines) is 1. The van der Waals surface area contributed by atoms with Gasteiger partial charge in [-0.1, -0.05) is 18.2 Å². The number of benzene rings is 2. The van der Waals surface area contributed by atoms with Crippen LogP contribution in [-0.4, -0.2) is 54.3 Å². The van der Waals surface area contributed by atoms with Gasteiger partial charge in [-0.25, -0.2) is 4.98 Å². The van der Waals surface area contributed by atoms with Crippen molar-refractivity contribution in [3.63, 3.8) is 0 Å². The fourth-order valence-electron chi connectivity index (χ4n) is 4.65. The molecule has 0 atom stereocenters. The van der Waals surface area contributed by atoms with Crippen molar-refractivity contribution in [2.24, 2.45) is 5.41 Å². The van der Waals surface area contributed by atoms with E-state index in [1.165, 1.54) is 11.3 Å². The van der Waals surface area contributed by atoms with Gasteiger partial charge in [-0.05, 0) is 30.3 Å². The van der Waals surface area contributed by atoms with Crippen LogP contribution in [0.15, 0.2) is 67.3 Å². The van der Waals surface area contributed by atoms with Crippen LogP contribution in [0.3, 0.4) is 0 Å². The third-order valence-corrected chi connectivity index (χ3v) is 6.14. The number of hydrogen-bond donors (Lipinski definition) is 0. The Morgan fingerprint density at radius 2 is 1.80 bits per heavy atom. The van der Waals surface area contributed by atoms with Gasteiger partial charge in [0.2, 0.25) is 0 Å². The molecule has 0 radical (unpaired) electrons. The normalized spacial score (nSPS) is 17.4. The highest BCUT2D eigenvalue weighted by atomic mass is 16.5.